The van der Waals surface area contributed by atoms with E-state index in [1.807, 2.05) is 13.8 Å². The van der Waals surface area contributed by atoms with E-state index in [2.05, 4.69) is 5.32 Å². The van der Waals surface area contributed by atoms with E-state index in [0.717, 1.165) is 6.42 Å². The van der Waals surface area contributed by atoms with Gasteiger partial charge in [-0.1, -0.05) is 34.1 Å². The normalized spacial score (nSPS) is 12.1. The molecular weight excluding hydrogens is 290 g/mol. The number of aliphatic carboxylic acids is 1. The first kappa shape index (κ1) is 20.2. The molecule has 0 saturated carbocycles. The van der Waals surface area contributed by atoms with Crippen LogP contribution in [0.25, 0.3) is 0 Å². The standard InChI is InChI=1S/C15H27NO6/c1-10(2)5-6-12(13(17)18)9-16-15(20)22-8-7-21-14(19)11(3)4/h10-12H,5-9H2,1-4H3,(H,16,20)(H,17,18). The Labute approximate surface area is 131 Å². The summed E-state index contributed by atoms with van der Waals surface area (Å²) in [6.45, 7) is 7.39. The second-order valence-electron chi connectivity index (χ2n) is 5.85. The molecule has 0 fully saturated rings. The molecule has 0 aliphatic carbocycles. The third-order valence-electron chi connectivity index (χ3n) is 2.97. The van der Waals surface area contributed by atoms with Gasteiger partial charge < -0.3 is 19.9 Å². The number of carbonyl (C=O) groups excluding carboxylic acids is 2. The molecule has 0 radical (unpaired) electrons. The van der Waals surface area contributed by atoms with E-state index in [0.29, 0.717) is 12.3 Å². The van der Waals surface area contributed by atoms with Crippen LogP contribution < -0.4 is 5.32 Å². The van der Waals surface area contributed by atoms with Crippen LogP contribution in [0.1, 0.15) is 40.5 Å². The Hall–Kier alpha value is -1.79. The molecule has 7 heteroatoms. The molecular formula is C15H27NO6. The molecule has 0 spiro atoms. The Bertz CT molecular complexity index is 367. The highest BCUT2D eigenvalue weighted by Crippen LogP contribution is 2.12. The van der Waals surface area contributed by atoms with Crippen LogP contribution in [0.15, 0.2) is 0 Å². The van der Waals surface area contributed by atoms with Crippen molar-refractivity contribution >= 4 is 18.0 Å². The largest absolute Gasteiger partial charge is 0.481 e. The lowest BCUT2D eigenvalue weighted by Gasteiger charge is -2.14. The molecule has 0 aliphatic rings. The fourth-order valence-corrected chi connectivity index (χ4v) is 1.55. The highest BCUT2D eigenvalue weighted by atomic mass is 16.6. The maximum absolute atomic E-state index is 11.4. The second-order valence-corrected chi connectivity index (χ2v) is 5.85. The summed E-state index contributed by atoms with van der Waals surface area (Å²) in [7, 11) is 0. The lowest BCUT2D eigenvalue weighted by atomic mass is 9.98. The molecule has 1 atom stereocenters. The van der Waals surface area contributed by atoms with Gasteiger partial charge in [0.05, 0.1) is 11.8 Å². The summed E-state index contributed by atoms with van der Waals surface area (Å²) in [5.41, 5.74) is 0. The second kappa shape index (κ2) is 10.9. The van der Waals surface area contributed by atoms with Crippen molar-refractivity contribution in [2.24, 2.45) is 17.8 Å². The van der Waals surface area contributed by atoms with Crippen LogP contribution in [-0.4, -0.2) is 42.9 Å². The molecule has 128 valence electrons. The highest BCUT2D eigenvalue weighted by molar-refractivity contribution is 5.72. The summed E-state index contributed by atoms with van der Waals surface area (Å²) in [6, 6.07) is 0. The Morgan fingerprint density at radius 2 is 1.59 bits per heavy atom. The highest BCUT2D eigenvalue weighted by Gasteiger charge is 2.19. The van der Waals surface area contributed by atoms with Crippen molar-refractivity contribution in [1.29, 1.82) is 0 Å². The Kier molecular flexibility index (Phi) is 9.98. The van der Waals surface area contributed by atoms with Gasteiger partial charge in [0, 0.05) is 6.54 Å². The van der Waals surface area contributed by atoms with Crippen LogP contribution in [0.4, 0.5) is 4.79 Å². The zero-order valence-electron chi connectivity index (χ0n) is 13.8. The average molecular weight is 317 g/mol. The minimum Gasteiger partial charge on any atom is -0.481 e. The van der Waals surface area contributed by atoms with Gasteiger partial charge in [-0.25, -0.2) is 4.79 Å². The molecule has 22 heavy (non-hydrogen) atoms. The lowest BCUT2D eigenvalue weighted by molar-refractivity contribution is -0.148. The van der Waals surface area contributed by atoms with Crippen molar-refractivity contribution in [2.45, 2.75) is 40.5 Å². The number of ether oxygens (including phenoxy) is 2. The number of amides is 1. The Morgan fingerprint density at radius 1 is 1.00 bits per heavy atom. The van der Waals surface area contributed by atoms with E-state index in [1.54, 1.807) is 13.8 Å². The number of esters is 1. The van der Waals surface area contributed by atoms with E-state index in [9.17, 15) is 14.4 Å². The summed E-state index contributed by atoms with van der Waals surface area (Å²) >= 11 is 0. The molecule has 1 amide bonds. The van der Waals surface area contributed by atoms with E-state index in [1.165, 1.54) is 0 Å². The van der Waals surface area contributed by atoms with Gasteiger partial charge in [-0.3, -0.25) is 9.59 Å². The predicted molar refractivity (Wildman–Crippen MR) is 80.3 cm³/mol. The summed E-state index contributed by atoms with van der Waals surface area (Å²) < 4.78 is 9.65. The number of alkyl carbamates (subject to hydrolysis) is 1. The number of carboxylic acids is 1. The van der Waals surface area contributed by atoms with E-state index in [4.69, 9.17) is 14.6 Å². The molecule has 0 aliphatic heterocycles. The van der Waals surface area contributed by atoms with Crippen LogP contribution in [0.5, 0.6) is 0 Å². The number of hydrogen-bond donors (Lipinski definition) is 2. The molecule has 0 aromatic rings. The van der Waals surface area contributed by atoms with Gasteiger partial charge in [0.15, 0.2) is 0 Å². The summed E-state index contributed by atoms with van der Waals surface area (Å²) in [5.74, 6) is -1.75. The maximum Gasteiger partial charge on any atom is 0.407 e. The van der Waals surface area contributed by atoms with Gasteiger partial charge in [-0.15, -0.1) is 0 Å². The molecule has 0 saturated heterocycles. The Morgan fingerprint density at radius 3 is 2.09 bits per heavy atom. The number of carboxylic acid groups (broad SMARTS) is 1. The van der Waals surface area contributed by atoms with Crippen LogP contribution in [0.3, 0.4) is 0 Å². The van der Waals surface area contributed by atoms with Gasteiger partial charge >= 0.3 is 18.0 Å². The summed E-state index contributed by atoms with van der Waals surface area (Å²) in [6.07, 6.45) is 0.564. The van der Waals surface area contributed by atoms with Gasteiger partial charge in [0.25, 0.3) is 0 Å². The molecule has 0 bridgehead atoms. The smallest absolute Gasteiger partial charge is 0.407 e. The van der Waals surface area contributed by atoms with Crippen LogP contribution in [0.2, 0.25) is 0 Å². The van der Waals surface area contributed by atoms with Gasteiger partial charge in [0.1, 0.15) is 13.2 Å². The van der Waals surface area contributed by atoms with Crippen LogP contribution >= 0.6 is 0 Å². The molecule has 0 heterocycles. The number of carbonyl (C=O) groups is 3. The first-order valence-corrected chi connectivity index (χ1v) is 7.54. The molecule has 1 unspecified atom stereocenters. The van der Waals surface area contributed by atoms with E-state index in [-0.39, 0.29) is 31.6 Å². The van der Waals surface area contributed by atoms with Gasteiger partial charge in [0.2, 0.25) is 0 Å². The average Bonchev–Trinajstić information content (AvgIpc) is 2.42. The van der Waals surface area contributed by atoms with Gasteiger partial charge in [-0.2, -0.15) is 0 Å². The van der Waals surface area contributed by atoms with Crippen LogP contribution in [0, 0.1) is 17.8 Å². The molecule has 0 aromatic carbocycles. The van der Waals surface area contributed by atoms with Gasteiger partial charge in [-0.05, 0) is 12.3 Å². The lowest BCUT2D eigenvalue weighted by Crippen LogP contribution is -2.34. The molecule has 7 nitrogen and oxygen atoms in total. The zero-order valence-corrected chi connectivity index (χ0v) is 13.8. The van der Waals surface area contributed by atoms with Crippen molar-refractivity contribution < 1.29 is 29.0 Å². The predicted octanol–water partition coefficient (Wildman–Crippen LogP) is 2.05. The summed E-state index contributed by atoms with van der Waals surface area (Å²) in [5, 5.41) is 11.5. The molecule has 2 N–H and O–H groups in total. The van der Waals surface area contributed by atoms with Crippen LogP contribution in [-0.2, 0) is 19.1 Å². The minimum atomic E-state index is -0.938. The zero-order chi connectivity index (χ0) is 17.1. The number of rotatable bonds is 10. The first-order chi connectivity index (χ1) is 10.2. The Balaban J connectivity index is 3.90. The third kappa shape index (κ3) is 10.0. The minimum absolute atomic E-state index is 0.0137. The fraction of sp³-hybridized carbons (Fsp3) is 0.800. The monoisotopic (exact) mass is 317 g/mol. The van der Waals surface area contributed by atoms with Crippen molar-refractivity contribution in [3.05, 3.63) is 0 Å². The fourth-order valence-electron chi connectivity index (χ4n) is 1.55. The maximum atomic E-state index is 11.4. The third-order valence-corrected chi connectivity index (χ3v) is 2.97. The van der Waals surface area contributed by atoms with E-state index < -0.39 is 18.0 Å². The van der Waals surface area contributed by atoms with Crippen molar-refractivity contribution in [3.8, 4) is 0 Å². The first-order valence-electron chi connectivity index (χ1n) is 7.54. The summed E-state index contributed by atoms with van der Waals surface area (Å²) in [4.78, 5) is 33.7. The van der Waals surface area contributed by atoms with Crippen molar-refractivity contribution in [3.63, 3.8) is 0 Å². The van der Waals surface area contributed by atoms with E-state index >= 15 is 0 Å². The quantitative estimate of drug-likeness (QED) is 0.472. The topological polar surface area (TPSA) is 102 Å². The molecule has 0 rings (SSSR count). The van der Waals surface area contributed by atoms with Crippen molar-refractivity contribution in [1.82, 2.24) is 5.32 Å². The SMILES string of the molecule is CC(C)CCC(CNC(=O)OCCOC(=O)C(C)C)C(=O)O. The number of nitrogens with one attached hydrogen (secondary N) is 1. The number of hydrogen-bond acceptors (Lipinski definition) is 5. The molecule has 0 aromatic heterocycles. The van der Waals surface area contributed by atoms with Crippen molar-refractivity contribution in [2.75, 3.05) is 19.8 Å².